The molecule has 3 aromatic carbocycles. The summed E-state index contributed by atoms with van der Waals surface area (Å²) in [6.07, 6.45) is 10.3. The van der Waals surface area contributed by atoms with Crippen molar-refractivity contribution in [1.82, 2.24) is 4.90 Å². The minimum absolute atomic E-state index is 0.0683. The number of aliphatic hydroxyl groups excluding tert-OH is 1. The maximum absolute atomic E-state index is 14.7. The Balaban J connectivity index is 1.29. The van der Waals surface area contributed by atoms with Gasteiger partial charge in [0.1, 0.15) is 6.04 Å². The highest BCUT2D eigenvalue weighted by atomic mass is 32.2. The number of hydrogen-bond donors (Lipinski definition) is 1. The van der Waals surface area contributed by atoms with Gasteiger partial charge in [-0.25, -0.2) is 0 Å². The zero-order valence-corrected chi connectivity index (χ0v) is 24.7. The van der Waals surface area contributed by atoms with Crippen molar-refractivity contribution < 1.29 is 19.5 Å². The molecule has 4 aliphatic heterocycles. The van der Waals surface area contributed by atoms with Gasteiger partial charge in [0.2, 0.25) is 11.8 Å². The van der Waals surface area contributed by atoms with Crippen molar-refractivity contribution in [3.63, 3.8) is 0 Å². The Morgan fingerprint density at radius 2 is 1.51 bits per heavy atom. The van der Waals surface area contributed by atoms with E-state index in [0.29, 0.717) is 32.5 Å². The Morgan fingerprint density at radius 1 is 0.767 bits per heavy atom. The number of rotatable bonds is 7. The Labute approximate surface area is 255 Å². The summed E-state index contributed by atoms with van der Waals surface area (Å²) < 4.78 is -0.855. The predicted molar refractivity (Wildman–Crippen MR) is 171 cm³/mol. The van der Waals surface area contributed by atoms with E-state index in [1.807, 2.05) is 78.9 Å². The first-order chi connectivity index (χ1) is 21.0. The molecule has 8 heteroatoms. The van der Waals surface area contributed by atoms with E-state index >= 15 is 0 Å². The lowest BCUT2D eigenvalue weighted by atomic mass is 9.78. The van der Waals surface area contributed by atoms with Gasteiger partial charge in [-0.3, -0.25) is 14.4 Å². The van der Waals surface area contributed by atoms with E-state index in [4.69, 9.17) is 0 Å². The highest BCUT2D eigenvalue weighted by Crippen LogP contribution is 2.61. The number of nitrogens with zero attached hydrogens (tertiary/aromatic N) is 3. The van der Waals surface area contributed by atoms with Crippen molar-refractivity contribution in [2.45, 2.75) is 35.3 Å². The van der Waals surface area contributed by atoms with E-state index in [1.165, 1.54) is 0 Å². The number of likely N-dealkylation sites (tertiary alicyclic amines) is 1. The zero-order valence-electron chi connectivity index (χ0n) is 23.9. The van der Waals surface area contributed by atoms with Crippen LogP contribution in [0.1, 0.15) is 19.3 Å². The molecule has 1 N–H and O–H groups in total. The van der Waals surface area contributed by atoms with Gasteiger partial charge in [0.05, 0.1) is 16.6 Å². The van der Waals surface area contributed by atoms with Crippen LogP contribution < -0.4 is 9.80 Å². The molecule has 220 valence electrons. The van der Waals surface area contributed by atoms with Crippen molar-refractivity contribution in [3.8, 4) is 0 Å². The minimum Gasteiger partial charge on any atom is -0.396 e. The van der Waals surface area contributed by atoms with Gasteiger partial charge >= 0.3 is 0 Å². The maximum Gasteiger partial charge on any atom is 0.251 e. The monoisotopic (exact) mass is 593 g/mol. The van der Waals surface area contributed by atoms with Crippen molar-refractivity contribution in [2.75, 3.05) is 36.0 Å². The molecule has 0 radical (unpaired) electrons. The van der Waals surface area contributed by atoms with Crippen LogP contribution in [0.4, 0.5) is 11.4 Å². The van der Waals surface area contributed by atoms with Crippen LogP contribution in [-0.4, -0.2) is 70.0 Å². The third-order valence-corrected chi connectivity index (χ3v) is 11.1. The van der Waals surface area contributed by atoms with Gasteiger partial charge in [-0.15, -0.1) is 11.8 Å². The number of para-hydroxylation sites is 1. The molecule has 0 saturated carbocycles. The molecule has 0 aliphatic carbocycles. The van der Waals surface area contributed by atoms with Crippen LogP contribution in [0.2, 0.25) is 0 Å². The topological polar surface area (TPSA) is 81.2 Å². The Bertz CT molecular complexity index is 1620. The van der Waals surface area contributed by atoms with E-state index in [1.54, 1.807) is 26.5 Å². The van der Waals surface area contributed by atoms with Crippen molar-refractivity contribution in [1.29, 1.82) is 0 Å². The van der Waals surface area contributed by atoms with Gasteiger partial charge in [-0.05, 0) is 54.3 Å². The molecule has 43 heavy (non-hydrogen) atoms. The average Bonchev–Trinajstić information content (AvgIpc) is 3.34. The first-order valence-electron chi connectivity index (χ1n) is 15.1. The number of amides is 3. The molecule has 0 aromatic heterocycles. The summed E-state index contributed by atoms with van der Waals surface area (Å²) >= 11 is 1.61. The van der Waals surface area contributed by atoms with Gasteiger partial charge in [0.15, 0.2) is 0 Å². The van der Waals surface area contributed by atoms with Crippen LogP contribution in [0.3, 0.4) is 0 Å². The second-order valence-electron chi connectivity index (χ2n) is 11.8. The minimum atomic E-state index is -0.855. The SMILES string of the molecule is O=C1C2N(CCCCCO)C(=O)[C@@H]3[C@H]4C(=O)N(c5ccccc5)CC=C[C@H]4S[C@]23C=CCN1c1ccc2ccccc2c1. The molecule has 3 aromatic rings. The number of hydrogen-bond acceptors (Lipinski definition) is 5. The van der Waals surface area contributed by atoms with Gasteiger partial charge in [0.25, 0.3) is 5.91 Å². The molecule has 1 unspecified atom stereocenters. The summed E-state index contributed by atoms with van der Waals surface area (Å²) in [4.78, 5) is 48.9. The fourth-order valence-electron chi connectivity index (χ4n) is 7.36. The van der Waals surface area contributed by atoms with E-state index in [0.717, 1.165) is 28.6 Å². The van der Waals surface area contributed by atoms with Gasteiger partial charge < -0.3 is 19.8 Å². The molecule has 5 atom stereocenters. The highest BCUT2D eigenvalue weighted by Gasteiger charge is 2.71. The van der Waals surface area contributed by atoms with Crippen LogP contribution in [0.25, 0.3) is 10.8 Å². The number of anilines is 2. The summed E-state index contributed by atoms with van der Waals surface area (Å²) in [5.41, 5.74) is 1.60. The lowest BCUT2D eigenvalue weighted by Gasteiger charge is -2.35. The zero-order chi connectivity index (χ0) is 29.6. The number of benzene rings is 3. The largest absolute Gasteiger partial charge is 0.396 e. The fourth-order valence-corrected chi connectivity index (χ4v) is 9.37. The van der Waals surface area contributed by atoms with Crippen LogP contribution in [0.15, 0.2) is 97.1 Å². The van der Waals surface area contributed by atoms with Crippen molar-refractivity contribution >= 4 is 51.6 Å². The molecule has 3 amide bonds. The molecule has 7 nitrogen and oxygen atoms in total. The summed E-state index contributed by atoms with van der Waals surface area (Å²) in [5, 5.41) is 11.3. The Morgan fingerprint density at radius 3 is 2.33 bits per heavy atom. The van der Waals surface area contributed by atoms with Crippen LogP contribution in [0.5, 0.6) is 0 Å². The first kappa shape index (κ1) is 27.9. The maximum atomic E-state index is 14.7. The number of aliphatic hydroxyl groups is 1. The van der Waals surface area contributed by atoms with E-state index in [-0.39, 0.29) is 29.6 Å². The Hall–Kier alpha value is -3.88. The molecule has 1 spiro atoms. The smallest absolute Gasteiger partial charge is 0.251 e. The molecule has 4 aliphatic rings. The highest BCUT2D eigenvalue weighted by molar-refractivity contribution is 8.02. The molecular weight excluding hydrogens is 558 g/mol. The lowest BCUT2D eigenvalue weighted by molar-refractivity contribution is -0.138. The number of thioether (sulfide) groups is 1. The number of unbranched alkanes of at least 4 members (excludes halogenated alkanes) is 2. The summed E-state index contributed by atoms with van der Waals surface area (Å²) in [5.74, 6) is -1.53. The quantitative estimate of drug-likeness (QED) is 0.314. The van der Waals surface area contributed by atoms with Gasteiger partial charge in [-0.2, -0.15) is 0 Å². The Kier molecular flexibility index (Phi) is 7.35. The summed E-state index contributed by atoms with van der Waals surface area (Å²) in [7, 11) is 0. The average molecular weight is 594 g/mol. The molecule has 4 heterocycles. The normalized spacial score (nSPS) is 28.2. The molecule has 0 bridgehead atoms. The standard InChI is InChI=1S/C35H35N3O4S/c39-22-8-2-7-19-38-31-34(42)37(27-17-16-24-11-5-6-12-25(24)23-27)21-10-18-35(31)30(33(38)41)29-28(43-35)15-9-20-36(32(29)40)26-13-3-1-4-14-26/h1,3-6,9-18,23,28-31,39H,2,7-8,19-22H2/t28-,29+,30+,31?,35+/m1/s1. The van der Waals surface area contributed by atoms with E-state index < -0.39 is 22.6 Å². The van der Waals surface area contributed by atoms with Crippen molar-refractivity contribution in [3.05, 3.63) is 97.1 Å². The molecule has 2 fully saturated rings. The third kappa shape index (κ3) is 4.59. The van der Waals surface area contributed by atoms with Gasteiger partial charge in [-0.1, -0.05) is 72.8 Å². The van der Waals surface area contributed by atoms with Crippen molar-refractivity contribution in [2.24, 2.45) is 11.8 Å². The third-order valence-electron chi connectivity index (χ3n) is 9.33. The van der Waals surface area contributed by atoms with Crippen LogP contribution in [-0.2, 0) is 14.4 Å². The predicted octanol–water partition coefficient (Wildman–Crippen LogP) is 4.81. The van der Waals surface area contributed by atoms with Crippen LogP contribution in [0, 0.1) is 11.8 Å². The van der Waals surface area contributed by atoms with Crippen LogP contribution >= 0.6 is 11.8 Å². The second kappa shape index (κ2) is 11.3. The lowest BCUT2D eigenvalue weighted by Crippen LogP contribution is -2.53. The fraction of sp³-hybridized carbons (Fsp3) is 0.343. The van der Waals surface area contributed by atoms with E-state index in [2.05, 4.69) is 18.2 Å². The first-order valence-corrected chi connectivity index (χ1v) is 16.0. The molecular formula is C35H35N3O4S. The van der Waals surface area contributed by atoms with E-state index in [9.17, 15) is 19.5 Å². The number of fused-ring (bicyclic) bond motifs is 3. The van der Waals surface area contributed by atoms with Gasteiger partial charge in [0, 0.05) is 42.9 Å². The molecule has 7 rings (SSSR count). The summed E-state index contributed by atoms with van der Waals surface area (Å²) in [6, 6.07) is 23.0. The summed E-state index contributed by atoms with van der Waals surface area (Å²) in [6.45, 7) is 1.35. The second-order valence-corrected chi connectivity index (χ2v) is 13.2. The number of carbonyl (C=O) groups excluding carboxylic acids is 3. The number of carbonyl (C=O) groups is 3. The molecule has 2 saturated heterocycles.